The molecule has 1 aromatic heterocycles. The van der Waals surface area contributed by atoms with Crippen LogP contribution in [0, 0.1) is 5.92 Å². The Morgan fingerprint density at radius 3 is 2.58 bits per heavy atom. The van der Waals surface area contributed by atoms with E-state index in [4.69, 9.17) is 0 Å². The molecule has 2 heterocycles. The summed E-state index contributed by atoms with van der Waals surface area (Å²) in [6, 6.07) is 19.9. The molecule has 1 unspecified atom stereocenters. The lowest BCUT2D eigenvalue weighted by molar-refractivity contribution is 0.265. The van der Waals surface area contributed by atoms with E-state index in [1.807, 2.05) is 0 Å². The maximum atomic E-state index is 3.77. The molecule has 1 aliphatic heterocycles. The Balaban J connectivity index is 1.60. The number of hydrogen-bond acceptors (Lipinski definition) is 1. The smallest absolute Gasteiger partial charge is 0.0459 e. The van der Waals surface area contributed by atoms with Gasteiger partial charge in [-0.05, 0) is 42.4 Å². The number of aromatic nitrogens is 1. The van der Waals surface area contributed by atoms with Gasteiger partial charge in [0.2, 0.25) is 0 Å². The highest BCUT2D eigenvalue weighted by molar-refractivity contribution is 5.85. The van der Waals surface area contributed by atoms with Crippen molar-refractivity contribution < 1.29 is 0 Å². The Morgan fingerprint density at radius 2 is 1.75 bits per heavy atom. The Kier molecular flexibility index (Phi) is 3.45. The van der Waals surface area contributed by atoms with Gasteiger partial charge in [0.1, 0.15) is 0 Å². The minimum absolute atomic E-state index is 0.454. The molecule has 0 saturated heterocycles. The van der Waals surface area contributed by atoms with E-state index < -0.39 is 0 Å². The van der Waals surface area contributed by atoms with Crippen molar-refractivity contribution in [2.75, 3.05) is 19.6 Å². The van der Waals surface area contributed by atoms with Crippen LogP contribution in [0.3, 0.4) is 0 Å². The molecule has 1 saturated carbocycles. The van der Waals surface area contributed by atoms with Gasteiger partial charge in [0.15, 0.2) is 0 Å². The number of nitrogens with zero attached hydrogens (tertiary/aromatic N) is 1. The molecule has 2 aliphatic rings. The second kappa shape index (κ2) is 5.78. The summed E-state index contributed by atoms with van der Waals surface area (Å²) >= 11 is 0. The lowest BCUT2D eigenvalue weighted by atomic mass is 9.92. The summed E-state index contributed by atoms with van der Waals surface area (Å²) in [6.07, 6.45) is 4.02. The van der Waals surface area contributed by atoms with Crippen molar-refractivity contribution in [2.24, 2.45) is 5.92 Å². The number of rotatable bonds is 3. The summed E-state index contributed by atoms with van der Waals surface area (Å²) in [5, 5.41) is 1.42. The van der Waals surface area contributed by atoms with Crippen molar-refractivity contribution in [3.63, 3.8) is 0 Å². The molecular weight excluding hydrogens is 292 g/mol. The molecule has 122 valence electrons. The van der Waals surface area contributed by atoms with Crippen LogP contribution in [0.25, 0.3) is 10.9 Å². The van der Waals surface area contributed by atoms with Crippen LogP contribution in [-0.2, 0) is 6.42 Å². The van der Waals surface area contributed by atoms with Gasteiger partial charge >= 0.3 is 0 Å². The van der Waals surface area contributed by atoms with Crippen molar-refractivity contribution in [3.05, 3.63) is 71.4 Å². The topological polar surface area (TPSA) is 19.0 Å². The Morgan fingerprint density at radius 1 is 0.958 bits per heavy atom. The first-order valence-corrected chi connectivity index (χ1v) is 9.25. The van der Waals surface area contributed by atoms with Crippen LogP contribution in [0.2, 0.25) is 0 Å². The van der Waals surface area contributed by atoms with Crippen molar-refractivity contribution in [1.82, 2.24) is 9.88 Å². The third-order valence-electron chi connectivity index (χ3n) is 5.73. The van der Waals surface area contributed by atoms with Gasteiger partial charge in [0.05, 0.1) is 0 Å². The number of H-pyrrole nitrogens is 1. The first-order chi connectivity index (χ1) is 11.9. The van der Waals surface area contributed by atoms with Crippen LogP contribution in [0.1, 0.15) is 35.6 Å². The fourth-order valence-electron chi connectivity index (χ4n) is 4.29. The van der Waals surface area contributed by atoms with Crippen LogP contribution in [0.5, 0.6) is 0 Å². The maximum absolute atomic E-state index is 3.77. The molecule has 1 fully saturated rings. The minimum atomic E-state index is 0.454. The van der Waals surface area contributed by atoms with Gasteiger partial charge in [0, 0.05) is 42.1 Å². The molecule has 5 rings (SSSR count). The Hall–Kier alpha value is -2.06. The molecule has 0 spiro atoms. The van der Waals surface area contributed by atoms with Crippen molar-refractivity contribution in [2.45, 2.75) is 25.2 Å². The predicted octanol–water partition coefficient (Wildman–Crippen LogP) is 4.57. The molecule has 1 N–H and O–H groups in total. The van der Waals surface area contributed by atoms with E-state index in [-0.39, 0.29) is 0 Å². The van der Waals surface area contributed by atoms with Crippen molar-refractivity contribution >= 4 is 10.9 Å². The van der Waals surface area contributed by atoms with E-state index in [1.54, 1.807) is 0 Å². The third kappa shape index (κ3) is 2.55. The summed E-state index contributed by atoms with van der Waals surface area (Å²) in [4.78, 5) is 6.47. The molecule has 3 aromatic rings. The van der Waals surface area contributed by atoms with Gasteiger partial charge < -0.3 is 9.88 Å². The highest BCUT2D eigenvalue weighted by atomic mass is 15.1. The molecule has 0 radical (unpaired) electrons. The van der Waals surface area contributed by atoms with Gasteiger partial charge in [0.25, 0.3) is 0 Å². The average molecular weight is 316 g/mol. The molecule has 1 atom stereocenters. The van der Waals surface area contributed by atoms with Crippen LogP contribution >= 0.6 is 0 Å². The predicted molar refractivity (Wildman–Crippen MR) is 99.5 cm³/mol. The minimum Gasteiger partial charge on any atom is -0.358 e. The molecule has 1 aliphatic carbocycles. The number of fused-ring (bicyclic) bond motifs is 3. The average Bonchev–Trinajstić information content (AvgIpc) is 3.40. The number of aromatic amines is 1. The van der Waals surface area contributed by atoms with E-state index in [0.29, 0.717) is 5.92 Å². The maximum Gasteiger partial charge on any atom is 0.0459 e. The number of benzene rings is 2. The number of para-hydroxylation sites is 1. The SMILES string of the molecule is c1ccc(C2CN(CC3CC3)CCc3c2[nH]c2ccccc32)cc1. The third-order valence-corrected chi connectivity index (χ3v) is 5.73. The van der Waals surface area contributed by atoms with Crippen molar-refractivity contribution in [3.8, 4) is 0 Å². The molecule has 0 bridgehead atoms. The zero-order valence-corrected chi connectivity index (χ0v) is 14.0. The quantitative estimate of drug-likeness (QED) is 0.750. The number of nitrogens with one attached hydrogen (secondary N) is 1. The van der Waals surface area contributed by atoms with E-state index in [0.717, 1.165) is 18.9 Å². The van der Waals surface area contributed by atoms with Gasteiger partial charge in [-0.3, -0.25) is 0 Å². The van der Waals surface area contributed by atoms with E-state index in [1.165, 1.54) is 53.7 Å². The molecule has 2 aromatic carbocycles. The highest BCUT2D eigenvalue weighted by Gasteiger charge is 2.30. The molecule has 2 heteroatoms. The van der Waals surface area contributed by atoms with E-state index in [9.17, 15) is 0 Å². The lowest BCUT2D eigenvalue weighted by Gasteiger charge is -2.25. The summed E-state index contributed by atoms with van der Waals surface area (Å²) in [5.74, 6) is 1.41. The van der Waals surface area contributed by atoms with Crippen molar-refractivity contribution in [1.29, 1.82) is 0 Å². The fraction of sp³-hybridized carbons (Fsp3) is 0.364. The van der Waals surface area contributed by atoms with Gasteiger partial charge in [-0.1, -0.05) is 48.5 Å². The van der Waals surface area contributed by atoms with E-state index in [2.05, 4.69) is 64.5 Å². The number of hydrogen-bond donors (Lipinski definition) is 1. The van der Waals surface area contributed by atoms with Crippen LogP contribution in [0.4, 0.5) is 0 Å². The monoisotopic (exact) mass is 316 g/mol. The lowest BCUT2D eigenvalue weighted by Crippen LogP contribution is -2.31. The summed E-state index contributed by atoms with van der Waals surface area (Å²) in [6.45, 7) is 3.61. The summed E-state index contributed by atoms with van der Waals surface area (Å²) in [5.41, 5.74) is 5.71. The normalized spacial score (nSPS) is 21.6. The zero-order valence-electron chi connectivity index (χ0n) is 14.0. The van der Waals surface area contributed by atoms with Crippen LogP contribution in [-0.4, -0.2) is 29.5 Å². The molecule has 0 amide bonds. The first-order valence-electron chi connectivity index (χ1n) is 9.25. The fourth-order valence-corrected chi connectivity index (χ4v) is 4.29. The van der Waals surface area contributed by atoms with Gasteiger partial charge in [-0.25, -0.2) is 0 Å². The summed E-state index contributed by atoms with van der Waals surface area (Å²) in [7, 11) is 0. The van der Waals surface area contributed by atoms with E-state index >= 15 is 0 Å². The Bertz CT molecular complexity index is 845. The van der Waals surface area contributed by atoms with Crippen LogP contribution < -0.4 is 0 Å². The standard InChI is InChI=1S/C22H24N2/c1-2-6-17(7-3-1)20-15-24(14-16-10-11-16)13-12-19-18-8-4-5-9-21(18)23-22(19)20/h1-9,16,20,23H,10-15H2. The molecule has 2 nitrogen and oxygen atoms in total. The second-order valence-corrected chi connectivity index (χ2v) is 7.48. The van der Waals surface area contributed by atoms with Gasteiger partial charge in [-0.2, -0.15) is 0 Å². The van der Waals surface area contributed by atoms with Crippen LogP contribution in [0.15, 0.2) is 54.6 Å². The highest BCUT2D eigenvalue weighted by Crippen LogP contribution is 2.37. The van der Waals surface area contributed by atoms with Gasteiger partial charge in [-0.15, -0.1) is 0 Å². The molecular formula is C22H24N2. The largest absolute Gasteiger partial charge is 0.358 e. The first kappa shape index (κ1) is 14.3. The Labute approximate surface area is 143 Å². The zero-order chi connectivity index (χ0) is 15.9. The second-order valence-electron chi connectivity index (χ2n) is 7.48. The summed E-state index contributed by atoms with van der Waals surface area (Å²) < 4.78 is 0. The molecule has 24 heavy (non-hydrogen) atoms.